The van der Waals surface area contributed by atoms with Crippen molar-refractivity contribution < 1.29 is 9.47 Å². The predicted molar refractivity (Wildman–Crippen MR) is 204 cm³/mol. The van der Waals surface area contributed by atoms with Gasteiger partial charge in [0.1, 0.15) is 0 Å². The third-order valence-corrected chi connectivity index (χ3v) is 10.8. The fraction of sp³-hybridized carbons (Fsp3) is 0.581. The first kappa shape index (κ1) is 38.5. The number of ether oxygens (including phenoxy) is 2. The molecule has 0 radical (unpaired) electrons. The van der Waals surface area contributed by atoms with Gasteiger partial charge in [-0.1, -0.05) is 143 Å². The highest BCUT2D eigenvalue weighted by Crippen LogP contribution is 2.46. The minimum Gasteiger partial charge on any atom is -0.376 e. The molecule has 5 rings (SSSR count). The zero-order valence-electron chi connectivity index (χ0n) is 30.6. The normalized spacial score (nSPS) is 20.7. The summed E-state index contributed by atoms with van der Waals surface area (Å²) in [4.78, 5) is 0. The molecular weight excluding hydrogens is 628 g/mol. The van der Waals surface area contributed by atoms with Crippen LogP contribution in [0.1, 0.15) is 159 Å². The van der Waals surface area contributed by atoms with Crippen molar-refractivity contribution in [3.05, 3.63) is 91.4 Å². The van der Waals surface area contributed by atoms with Gasteiger partial charge in [-0.2, -0.15) is 0 Å². The predicted octanol–water partition coefficient (Wildman–Crippen LogP) is 13.0. The molecular formula is C43H63BrO2. The van der Waals surface area contributed by atoms with Crippen molar-refractivity contribution in [1.29, 1.82) is 0 Å². The van der Waals surface area contributed by atoms with Crippen LogP contribution in [-0.4, -0.2) is 14.2 Å². The Morgan fingerprint density at radius 3 is 1.46 bits per heavy atom. The second-order valence-corrected chi connectivity index (χ2v) is 17.3. The van der Waals surface area contributed by atoms with Gasteiger partial charge in [-0.3, -0.25) is 0 Å². The maximum absolute atomic E-state index is 5.93. The summed E-state index contributed by atoms with van der Waals surface area (Å²) in [6.07, 6.45) is 2.68. The van der Waals surface area contributed by atoms with Crippen molar-refractivity contribution in [3.8, 4) is 11.1 Å². The number of hydrogen-bond acceptors (Lipinski definition) is 2. The molecule has 0 aromatic heterocycles. The van der Waals surface area contributed by atoms with E-state index in [4.69, 9.17) is 9.47 Å². The van der Waals surface area contributed by atoms with Crippen molar-refractivity contribution in [2.75, 3.05) is 14.2 Å². The first-order chi connectivity index (χ1) is 20.9. The van der Waals surface area contributed by atoms with E-state index in [9.17, 15) is 0 Å². The van der Waals surface area contributed by atoms with E-state index in [0.29, 0.717) is 23.7 Å². The number of rotatable bonds is 5. The molecule has 0 saturated heterocycles. The van der Waals surface area contributed by atoms with E-state index in [0.717, 1.165) is 12.8 Å². The number of hydrogen-bond donors (Lipinski definition) is 0. The maximum Gasteiger partial charge on any atom is 0.0852 e. The summed E-state index contributed by atoms with van der Waals surface area (Å²) in [6, 6.07) is 16.7. The lowest BCUT2D eigenvalue weighted by atomic mass is 9.78. The Labute approximate surface area is 291 Å². The number of methoxy groups -OCH3 is 2. The summed E-state index contributed by atoms with van der Waals surface area (Å²) in [5.74, 6) is 2.16. The van der Waals surface area contributed by atoms with Gasteiger partial charge in [0.2, 0.25) is 0 Å². The van der Waals surface area contributed by atoms with Gasteiger partial charge in [0.05, 0.1) is 12.2 Å². The van der Waals surface area contributed by atoms with Crippen LogP contribution >= 0.6 is 15.9 Å². The van der Waals surface area contributed by atoms with Crippen molar-refractivity contribution in [1.82, 2.24) is 0 Å². The quantitative estimate of drug-likeness (QED) is 0.265. The number of halogens is 1. The van der Waals surface area contributed by atoms with Crippen molar-refractivity contribution in [3.63, 3.8) is 0 Å². The van der Waals surface area contributed by atoms with Gasteiger partial charge in [0, 0.05) is 18.7 Å². The lowest BCUT2D eigenvalue weighted by Gasteiger charge is -2.27. The van der Waals surface area contributed by atoms with Crippen LogP contribution in [0.2, 0.25) is 0 Å². The fourth-order valence-electron chi connectivity index (χ4n) is 7.11. The SMILES string of the molecule is C.COC1c2cc(C(C)C)cc(-c3cc(C(C)(C)C)cc(C(C)(C)C)c3)c2CC1C.COC1c2cc(C(C)C)cc(Br)c2CC1C. The Kier molecular flexibility index (Phi) is 12.3. The molecule has 0 amide bonds. The molecule has 46 heavy (non-hydrogen) atoms. The molecule has 0 fully saturated rings. The van der Waals surface area contributed by atoms with Crippen molar-refractivity contribution in [2.24, 2.45) is 11.8 Å². The van der Waals surface area contributed by atoms with E-state index in [-0.39, 0.29) is 30.5 Å². The molecule has 3 aromatic carbocycles. The van der Waals surface area contributed by atoms with Crippen LogP contribution in [0.15, 0.2) is 46.9 Å². The third kappa shape index (κ3) is 8.01. The highest BCUT2D eigenvalue weighted by molar-refractivity contribution is 9.10. The van der Waals surface area contributed by atoms with Crippen LogP contribution in [0.4, 0.5) is 0 Å². The Morgan fingerprint density at radius 2 is 1.04 bits per heavy atom. The largest absolute Gasteiger partial charge is 0.376 e. The third-order valence-electron chi connectivity index (χ3n) is 10.1. The lowest BCUT2D eigenvalue weighted by Crippen LogP contribution is -2.16. The second-order valence-electron chi connectivity index (χ2n) is 16.5. The van der Waals surface area contributed by atoms with Gasteiger partial charge in [-0.15, -0.1) is 0 Å². The van der Waals surface area contributed by atoms with E-state index in [1.165, 1.54) is 60.1 Å². The first-order valence-electron chi connectivity index (χ1n) is 17.1. The molecule has 0 spiro atoms. The van der Waals surface area contributed by atoms with Crippen molar-refractivity contribution >= 4 is 15.9 Å². The standard InChI is InChI=1S/C28H40O.C14H19BrO.CH4/c1-17(2)19-14-23(24-11-18(3)26(29-10)25(24)15-19)20-12-21(27(4,5)6)16-22(13-20)28(7,8)9;1-8(2)10-6-12-11(13(15)7-10)5-9(3)14(12)16-4;/h12-18,26H,11H2,1-10H3;6-9,14H,5H2,1-4H3;1H4. The van der Waals surface area contributed by atoms with E-state index in [1.807, 2.05) is 14.2 Å². The fourth-order valence-corrected chi connectivity index (χ4v) is 7.77. The van der Waals surface area contributed by atoms with Gasteiger partial charge in [-0.25, -0.2) is 0 Å². The second kappa shape index (κ2) is 14.7. The molecule has 0 bridgehead atoms. The van der Waals surface area contributed by atoms with Gasteiger partial charge in [0.25, 0.3) is 0 Å². The molecule has 0 heterocycles. The van der Waals surface area contributed by atoms with Crippen LogP contribution in [0.25, 0.3) is 11.1 Å². The lowest BCUT2D eigenvalue weighted by molar-refractivity contribution is 0.0694. The van der Waals surface area contributed by atoms with E-state index >= 15 is 0 Å². The monoisotopic (exact) mass is 690 g/mol. The van der Waals surface area contributed by atoms with Crippen LogP contribution in [0.3, 0.4) is 0 Å². The molecule has 3 heteroatoms. The zero-order valence-corrected chi connectivity index (χ0v) is 32.2. The molecule has 2 nitrogen and oxygen atoms in total. The molecule has 0 aliphatic heterocycles. The molecule has 0 N–H and O–H groups in total. The Bertz CT molecular complexity index is 1470. The highest BCUT2D eigenvalue weighted by atomic mass is 79.9. The molecule has 3 aromatic rings. The van der Waals surface area contributed by atoms with Crippen LogP contribution in [-0.2, 0) is 33.1 Å². The summed E-state index contributed by atoms with van der Waals surface area (Å²) in [5.41, 5.74) is 14.4. The van der Waals surface area contributed by atoms with Gasteiger partial charge in [-0.05, 0) is 109 Å². The van der Waals surface area contributed by atoms with Gasteiger partial charge in [0.15, 0.2) is 0 Å². The Hall–Kier alpha value is -1.94. The first-order valence-corrected chi connectivity index (χ1v) is 17.9. The van der Waals surface area contributed by atoms with Gasteiger partial charge >= 0.3 is 0 Å². The summed E-state index contributed by atoms with van der Waals surface area (Å²) in [7, 11) is 3.67. The van der Waals surface area contributed by atoms with Crippen LogP contribution < -0.4 is 0 Å². The summed E-state index contributed by atoms with van der Waals surface area (Å²) < 4.78 is 12.8. The van der Waals surface area contributed by atoms with E-state index in [2.05, 4.69) is 141 Å². The van der Waals surface area contributed by atoms with Crippen LogP contribution in [0, 0.1) is 11.8 Å². The smallest absolute Gasteiger partial charge is 0.0852 e. The molecule has 0 saturated carbocycles. The van der Waals surface area contributed by atoms with E-state index in [1.54, 1.807) is 0 Å². The summed E-state index contributed by atoms with van der Waals surface area (Å²) in [6.45, 7) is 27.5. The summed E-state index contributed by atoms with van der Waals surface area (Å²) in [5, 5.41) is 0. The van der Waals surface area contributed by atoms with Crippen LogP contribution in [0.5, 0.6) is 0 Å². The average Bonchev–Trinajstić information content (AvgIpc) is 3.46. The Morgan fingerprint density at radius 1 is 0.630 bits per heavy atom. The molecule has 2 aliphatic carbocycles. The zero-order chi connectivity index (χ0) is 33.6. The van der Waals surface area contributed by atoms with Crippen molar-refractivity contribution in [2.45, 2.75) is 138 Å². The summed E-state index contributed by atoms with van der Waals surface area (Å²) >= 11 is 3.70. The highest BCUT2D eigenvalue weighted by Gasteiger charge is 2.33. The minimum atomic E-state index is 0. The minimum absolute atomic E-state index is 0. The maximum atomic E-state index is 5.93. The molecule has 2 aliphatic rings. The van der Waals surface area contributed by atoms with E-state index < -0.39 is 0 Å². The molecule has 4 atom stereocenters. The number of fused-ring (bicyclic) bond motifs is 2. The average molecular weight is 692 g/mol. The topological polar surface area (TPSA) is 18.5 Å². The molecule has 4 unspecified atom stereocenters. The molecule has 254 valence electrons. The number of benzene rings is 3. The Balaban J connectivity index is 0.000000287. The van der Waals surface area contributed by atoms with Gasteiger partial charge < -0.3 is 9.47 Å².